The van der Waals surface area contributed by atoms with E-state index >= 15 is 0 Å². The predicted octanol–water partition coefficient (Wildman–Crippen LogP) is -0.633. The molecule has 0 spiro atoms. The van der Waals surface area contributed by atoms with Crippen molar-refractivity contribution in [1.29, 1.82) is 0 Å². The summed E-state index contributed by atoms with van der Waals surface area (Å²) in [7, 11) is 0. The molecule has 1 heterocycles. The van der Waals surface area contributed by atoms with E-state index in [1.165, 1.54) is 0 Å². The van der Waals surface area contributed by atoms with Gasteiger partial charge in [-0.15, -0.1) is 0 Å². The molecule has 0 aromatic heterocycles. The Kier molecular flexibility index (Phi) is 6.86. The molecule has 22 heavy (non-hydrogen) atoms. The molecule has 3 N–H and O–H groups in total. The number of carbonyl (C=O) groups is 2. The minimum absolute atomic E-state index is 0.466. The van der Waals surface area contributed by atoms with Gasteiger partial charge in [0.15, 0.2) is 0 Å². The second-order valence-corrected chi connectivity index (χ2v) is 5.34. The van der Waals surface area contributed by atoms with Crippen LogP contribution >= 0.6 is 0 Å². The van der Waals surface area contributed by atoms with Crippen LogP contribution in [0.2, 0.25) is 0 Å². The van der Waals surface area contributed by atoms with E-state index in [9.17, 15) is 9.59 Å². The number of piperazine rings is 1. The van der Waals surface area contributed by atoms with Crippen LogP contribution in [0.5, 0.6) is 0 Å². The van der Waals surface area contributed by atoms with Crippen LogP contribution in [-0.4, -0.2) is 62.5 Å². The standard InChI is InChI=1S/C16H24N4O2/c21-15(18-7-6-14-4-2-1-3-5-14)16(22)19-10-13-20-11-8-17-9-12-20/h1-5,17H,6-13H2,(H,18,21)(H,19,22). The van der Waals surface area contributed by atoms with Gasteiger partial charge in [-0.1, -0.05) is 30.3 Å². The number of carbonyl (C=O) groups excluding carboxylic acids is 2. The van der Waals surface area contributed by atoms with Crippen LogP contribution in [0.15, 0.2) is 30.3 Å². The molecule has 0 unspecified atom stereocenters. The van der Waals surface area contributed by atoms with Gasteiger partial charge in [-0.25, -0.2) is 0 Å². The van der Waals surface area contributed by atoms with Crippen molar-refractivity contribution in [2.24, 2.45) is 0 Å². The summed E-state index contributed by atoms with van der Waals surface area (Å²) in [6, 6.07) is 9.87. The minimum Gasteiger partial charge on any atom is -0.348 e. The van der Waals surface area contributed by atoms with Crippen molar-refractivity contribution in [1.82, 2.24) is 20.9 Å². The molecule has 2 rings (SSSR count). The molecule has 6 nitrogen and oxygen atoms in total. The number of nitrogens with zero attached hydrogens (tertiary/aromatic N) is 1. The van der Waals surface area contributed by atoms with Gasteiger partial charge < -0.3 is 16.0 Å². The lowest BCUT2D eigenvalue weighted by Gasteiger charge is -2.26. The molecule has 0 aliphatic carbocycles. The summed E-state index contributed by atoms with van der Waals surface area (Å²) >= 11 is 0. The maximum absolute atomic E-state index is 11.7. The van der Waals surface area contributed by atoms with Crippen LogP contribution in [0.25, 0.3) is 0 Å². The molecule has 120 valence electrons. The highest BCUT2D eigenvalue weighted by atomic mass is 16.2. The third-order valence-electron chi connectivity index (χ3n) is 3.67. The Hall–Kier alpha value is -1.92. The van der Waals surface area contributed by atoms with Crippen LogP contribution in [-0.2, 0) is 16.0 Å². The van der Waals surface area contributed by atoms with Gasteiger partial charge in [-0.2, -0.15) is 0 Å². The molecule has 1 aromatic carbocycles. The zero-order valence-corrected chi connectivity index (χ0v) is 12.8. The fourth-order valence-corrected chi connectivity index (χ4v) is 2.39. The average Bonchev–Trinajstić information content (AvgIpc) is 2.56. The number of hydrogen-bond acceptors (Lipinski definition) is 4. The third kappa shape index (κ3) is 5.83. The molecule has 0 radical (unpaired) electrons. The maximum Gasteiger partial charge on any atom is 0.309 e. The van der Waals surface area contributed by atoms with Crippen molar-refractivity contribution < 1.29 is 9.59 Å². The summed E-state index contributed by atoms with van der Waals surface area (Å²) in [5.41, 5.74) is 1.14. The summed E-state index contributed by atoms with van der Waals surface area (Å²) in [6.07, 6.45) is 0.723. The molecule has 0 bridgehead atoms. The van der Waals surface area contributed by atoms with Gasteiger partial charge in [0.05, 0.1) is 0 Å². The Morgan fingerprint density at radius 2 is 1.64 bits per heavy atom. The highest BCUT2D eigenvalue weighted by Crippen LogP contribution is 1.98. The molecule has 0 atom stereocenters. The molecular weight excluding hydrogens is 280 g/mol. The van der Waals surface area contributed by atoms with Gasteiger partial charge in [0.25, 0.3) is 0 Å². The van der Waals surface area contributed by atoms with E-state index in [1.54, 1.807) is 0 Å². The second kappa shape index (κ2) is 9.17. The number of hydrogen-bond donors (Lipinski definition) is 3. The first kappa shape index (κ1) is 16.5. The van der Waals surface area contributed by atoms with Crippen LogP contribution < -0.4 is 16.0 Å². The monoisotopic (exact) mass is 304 g/mol. The van der Waals surface area contributed by atoms with Gasteiger partial charge in [0.2, 0.25) is 0 Å². The summed E-state index contributed by atoms with van der Waals surface area (Å²) < 4.78 is 0. The molecule has 1 aliphatic rings. The van der Waals surface area contributed by atoms with E-state index in [0.717, 1.165) is 44.7 Å². The summed E-state index contributed by atoms with van der Waals surface area (Å²) in [6.45, 7) is 5.68. The SMILES string of the molecule is O=C(NCCc1ccccc1)C(=O)NCCN1CCNCC1. The minimum atomic E-state index is -0.559. The predicted molar refractivity (Wildman–Crippen MR) is 85.5 cm³/mol. The van der Waals surface area contributed by atoms with E-state index in [0.29, 0.717) is 13.1 Å². The van der Waals surface area contributed by atoms with Crippen LogP contribution in [0.3, 0.4) is 0 Å². The summed E-state index contributed by atoms with van der Waals surface area (Å²) in [5.74, 6) is -1.11. The summed E-state index contributed by atoms with van der Waals surface area (Å²) in [5, 5.41) is 8.59. The van der Waals surface area contributed by atoms with Gasteiger partial charge in [0, 0.05) is 45.8 Å². The molecular formula is C16H24N4O2. The van der Waals surface area contributed by atoms with Gasteiger partial charge in [-0.05, 0) is 12.0 Å². The Labute approximate surface area is 131 Å². The summed E-state index contributed by atoms with van der Waals surface area (Å²) in [4.78, 5) is 25.6. The van der Waals surface area contributed by atoms with Gasteiger partial charge in [0.1, 0.15) is 0 Å². The highest BCUT2D eigenvalue weighted by Gasteiger charge is 2.13. The fraction of sp³-hybridized carbons (Fsp3) is 0.500. The normalized spacial score (nSPS) is 15.3. The number of benzene rings is 1. The quantitative estimate of drug-likeness (QED) is 0.612. The lowest BCUT2D eigenvalue weighted by molar-refractivity contribution is -0.139. The Bertz CT molecular complexity index is 472. The molecule has 1 aromatic rings. The van der Waals surface area contributed by atoms with E-state index in [1.807, 2.05) is 30.3 Å². The van der Waals surface area contributed by atoms with Gasteiger partial charge in [-0.3, -0.25) is 14.5 Å². The Balaban J connectivity index is 1.57. The molecule has 1 saturated heterocycles. The van der Waals surface area contributed by atoms with E-state index in [-0.39, 0.29) is 0 Å². The van der Waals surface area contributed by atoms with Crippen LogP contribution in [0, 0.1) is 0 Å². The molecule has 0 saturated carbocycles. The van der Waals surface area contributed by atoms with Crippen LogP contribution in [0.1, 0.15) is 5.56 Å². The first-order chi connectivity index (χ1) is 10.8. The Morgan fingerprint density at radius 1 is 1.00 bits per heavy atom. The smallest absolute Gasteiger partial charge is 0.309 e. The topological polar surface area (TPSA) is 73.5 Å². The number of rotatable bonds is 6. The lowest BCUT2D eigenvalue weighted by atomic mass is 10.1. The van der Waals surface area contributed by atoms with E-state index < -0.39 is 11.8 Å². The third-order valence-corrected chi connectivity index (χ3v) is 3.67. The second-order valence-electron chi connectivity index (χ2n) is 5.34. The molecule has 6 heteroatoms. The van der Waals surface area contributed by atoms with Crippen molar-refractivity contribution in [2.75, 3.05) is 45.8 Å². The largest absolute Gasteiger partial charge is 0.348 e. The van der Waals surface area contributed by atoms with Gasteiger partial charge >= 0.3 is 11.8 Å². The van der Waals surface area contributed by atoms with Crippen molar-refractivity contribution in [2.45, 2.75) is 6.42 Å². The number of amides is 2. The Morgan fingerprint density at radius 3 is 2.32 bits per heavy atom. The zero-order chi connectivity index (χ0) is 15.6. The van der Waals surface area contributed by atoms with Crippen molar-refractivity contribution >= 4 is 11.8 Å². The lowest BCUT2D eigenvalue weighted by Crippen LogP contribution is -2.48. The first-order valence-corrected chi connectivity index (χ1v) is 7.79. The first-order valence-electron chi connectivity index (χ1n) is 7.79. The average molecular weight is 304 g/mol. The molecule has 1 aliphatic heterocycles. The van der Waals surface area contributed by atoms with Crippen LogP contribution in [0.4, 0.5) is 0 Å². The van der Waals surface area contributed by atoms with Crippen molar-refractivity contribution in [3.8, 4) is 0 Å². The molecule has 1 fully saturated rings. The van der Waals surface area contributed by atoms with E-state index in [4.69, 9.17) is 0 Å². The van der Waals surface area contributed by atoms with Crippen molar-refractivity contribution in [3.63, 3.8) is 0 Å². The molecule has 2 amide bonds. The zero-order valence-electron chi connectivity index (χ0n) is 12.8. The highest BCUT2D eigenvalue weighted by molar-refractivity contribution is 6.35. The van der Waals surface area contributed by atoms with Crippen molar-refractivity contribution in [3.05, 3.63) is 35.9 Å². The van der Waals surface area contributed by atoms with E-state index in [2.05, 4.69) is 20.9 Å². The number of nitrogens with one attached hydrogen (secondary N) is 3. The fourth-order valence-electron chi connectivity index (χ4n) is 2.39. The maximum atomic E-state index is 11.7.